The molecule has 92 valence electrons. The second kappa shape index (κ2) is 4.65. The lowest BCUT2D eigenvalue weighted by molar-refractivity contribution is 0.824. The molecule has 18 heavy (non-hydrogen) atoms. The third-order valence-electron chi connectivity index (χ3n) is 3.15. The highest BCUT2D eigenvalue weighted by Crippen LogP contribution is 2.38. The van der Waals surface area contributed by atoms with Crippen LogP contribution in [0.25, 0.3) is 0 Å². The minimum atomic E-state index is 0.157. The van der Waals surface area contributed by atoms with Crippen LogP contribution < -0.4 is 5.32 Å². The summed E-state index contributed by atoms with van der Waals surface area (Å²) >= 11 is 18.2. The van der Waals surface area contributed by atoms with Gasteiger partial charge >= 0.3 is 0 Å². The normalized spacial score (nSPS) is 17.4. The Morgan fingerprint density at radius 1 is 0.944 bits per heavy atom. The molecule has 1 heterocycles. The van der Waals surface area contributed by atoms with Crippen molar-refractivity contribution >= 4 is 40.5 Å². The molecule has 0 aromatic heterocycles. The van der Waals surface area contributed by atoms with E-state index in [-0.39, 0.29) is 6.04 Å². The van der Waals surface area contributed by atoms with Crippen molar-refractivity contribution in [1.82, 2.24) is 0 Å². The van der Waals surface area contributed by atoms with Gasteiger partial charge in [-0.3, -0.25) is 0 Å². The average molecular weight is 299 g/mol. The van der Waals surface area contributed by atoms with Gasteiger partial charge in [0.1, 0.15) is 0 Å². The highest BCUT2D eigenvalue weighted by Gasteiger charge is 2.24. The SMILES string of the molecule is Clc1ccc2c(c1)CC(c1cc(Cl)ccc1Cl)N2. The van der Waals surface area contributed by atoms with Gasteiger partial charge in [0.15, 0.2) is 0 Å². The first-order valence-corrected chi connectivity index (χ1v) is 6.77. The fourth-order valence-electron chi connectivity index (χ4n) is 2.30. The first kappa shape index (κ1) is 12.2. The van der Waals surface area contributed by atoms with Crippen molar-refractivity contribution in [2.75, 3.05) is 5.32 Å². The number of hydrogen-bond acceptors (Lipinski definition) is 1. The first-order chi connectivity index (χ1) is 8.63. The first-order valence-electron chi connectivity index (χ1n) is 5.63. The van der Waals surface area contributed by atoms with Crippen LogP contribution in [0.3, 0.4) is 0 Å². The zero-order valence-electron chi connectivity index (χ0n) is 9.38. The standard InChI is InChI=1S/C14H10Cl3N/c15-9-2-4-13-8(5-9)6-14(18-13)11-7-10(16)1-3-12(11)17/h1-5,7,14,18H,6H2. The third kappa shape index (κ3) is 2.18. The molecule has 0 aliphatic carbocycles. The van der Waals surface area contributed by atoms with E-state index >= 15 is 0 Å². The molecule has 2 aromatic carbocycles. The Bertz CT molecular complexity index is 610. The summed E-state index contributed by atoms with van der Waals surface area (Å²) in [5, 5.41) is 5.63. The monoisotopic (exact) mass is 297 g/mol. The Hall–Kier alpha value is -0.890. The topological polar surface area (TPSA) is 12.0 Å². The number of hydrogen-bond donors (Lipinski definition) is 1. The molecule has 0 spiro atoms. The van der Waals surface area contributed by atoms with Crippen molar-refractivity contribution in [1.29, 1.82) is 0 Å². The van der Waals surface area contributed by atoms with Crippen LogP contribution >= 0.6 is 34.8 Å². The van der Waals surface area contributed by atoms with Crippen LogP contribution in [-0.2, 0) is 6.42 Å². The lowest BCUT2D eigenvalue weighted by Crippen LogP contribution is -2.06. The molecule has 1 N–H and O–H groups in total. The molecule has 1 nitrogen and oxygen atoms in total. The minimum absolute atomic E-state index is 0.157. The van der Waals surface area contributed by atoms with Crippen LogP contribution in [0.5, 0.6) is 0 Å². The molecule has 4 heteroatoms. The fraction of sp³-hybridized carbons (Fsp3) is 0.143. The summed E-state index contributed by atoms with van der Waals surface area (Å²) in [6.07, 6.45) is 0.871. The van der Waals surface area contributed by atoms with Crippen LogP contribution in [-0.4, -0.2) is 0 Å². The second-order valence-corrected chi connectivity index (χ2v) is 5.65. The summed E-state index contributed by atoms with van der Waals surface area (Å²) < 4.78 is 0. The number of benzene rings is 2. The Balaban J connectivity index is 1.96. The molecule has 3 rings (SSSR count). The van der Waals surface area contributed by atoms with E-state index in [1.807, 2.05) is 30.3 Å². The van der Waals surface area contributed by atoms with Crippen molar-refractivity contribution in [2.45, 2.75) is 12.5 Å². The molecule has 0 amide bonds. The predicted molar refractivity (Wildman–Crippen MR) is 78.0 cm³/mol. The van der Waals surface area contributed by atoms with Crippen molar-refractivity contribution in [2.24, 2.45) is 0 Å². The van der Waals surface area contributed by atoms with Crippen LogP contribution in [0.4, 0.5) is 5.69 Å². The fourth-order valence-corrected chi connectivity index (χ4v) is 2.92. The van der Waals surface area contributed by atoms with Gasteiger partial charge < -0.3 is 5.32 Å². The molecule has 0 saturated carbocycles. The number of nitrogens with one attached hydrogen (secondary N) is 1. The molecule has 0 bridgehead atoms. The quantitative estimate of drug-likeness (QED) is 0.747. The summed E-state index contributed by atoms with van der Waals surface area (Å²) in [6.45, 7) is 0. The van der Waals surface area contributed by atoms with Crippen LogP contribution in [0.1, 0.15) is 17.2 Å². The maximum absolute atomic E-state index is 6.23. The maximum Gasteiger partial charge on any atom is 0.0570 e. The van der Waals surface area contributed by atoms with Crippen LogP contribution in [0.15, 0.2) is 36.4 Å². The maximum atomic E-state index is 6.23. The van der Waals surface area contributed by atoms with Gasteiger partial charge in [0.2, 0.25) is 0 Å². The van der Waals surface area contributed by atoms with Gasteiger partial charge in [-0.05, 0) is 53.9 Å². The van der Waals surface area contributed by atoms with Crippen molar-refractivity contribution in [3.8, 4) is 0 Å². The number of halogens is 3. The van der Waals surface area contributed by atoms with Gasteiger partial charge in [-0.2, -0.15) is 0 Å². The summed E-state index contributed by atoms with van der Waals surface area (Å²) in [6, 6.07) is 11.6. The Morgan fingerprint density at radius 2 is 1.67 bits per heavy atom. The number of rotatable bonds is 1. The van der Waals surface area contributed by atoms with Crippen molar-refractivity contribution < 1.29 is 0 Å². The Morgan fingerprint density at radius 3 is 2.50 bits per heavy atom. The summed E-state index contributed by atoms with van der Waals surface area (Å²) in [5.41, 5.74) is 3.35. The summed E-state index contributed by atoms with van der Waals surface area (Å²) in [7, 11) is 0. The molecule has 1 aliphatic rings. The molecule has 0 saturated heterocycles. The average Bonchev–Trinajstić information content (AvgIpc) is 2.74. The van der Waals surface area contributed by atoms with E-state index in [0.717, 1.165) is 27.7 Å². The van der Waals surface area contributed by atoms with E-state index in [1.54, 1.807) is 6.07 Å². The van der Waals surface area contributed by atoms with Gasteiger partial charge in [0.25, 0.3) is 0 Å². The van der Waals surface area contributed by atoms with Crippen molar-refractivity contribution in [3.63, 3.8) is 0 Å². The minimum Gasteiger partial charge on any atom is -0.378 e. The number of fused-ring (bicyclic) bond motifs is 1. The highest BCUT2D eigenvalue weighted by molar-refractivity contribution is 6.33. The number of anilines is 1. The predicted octanol–water partition coefficient (Wildman–Crippen LogP) is 5.36. The Kier molecular flexibility index (Phi) is 3.14. The highest BCUT2D eigenvalue weighted by atomic mass is 35.5. The third-order valence-corrected chi connectivity index (χ3v) is 3.97. The van der Waals surface area contributed by atoms with E-state index < -0.39 is 0 Å². The molecule has 1 atom stereocenters. The molecular weight excluding hydrogens is 289 g/mol. The zero-order chi connectivity index (χ0) is 12.7. The Labute approximate surface area is 121 Å². The molecule has 0 fully saturated rings. The summed E-state index contributed by atoms with van der Waals surface area (Å²) in [5.74, 6) is 0. The molecule has 2 aromatic rings. The lowest BCUT2D eigenvalue weighted by atomic mass is 10.0. The van der Waals surface area contributed by atoms with E-state index in [1.165, 1.54) is 5.56 Å². The van der Waals surface area contributed by atoms with E-state index in [2.05, 4.69) is 5.32 Å². The van der Waals surface area contributed by atoms with E-state index in [0.29, 0.717) is 5.02 Å². The van der Waals surface area contributed by atoms with Gasteiger partial charge in [-0.25, -0.2) is 0 Å². The lowest BCUT2D eigenvalue weighted by Gasteiger charge is -2.13. The largest absolute Gasteiger partial charge is 0.378 e. The molecular formula is C14H10Cl3N. The van der Waals surface area contributed by atoms with Gasteiger partial charge in [-0.15, -0.1) is 0 Å². The zero-order valence-corrected chi connectivity index (χ0v) is 11.7. The van der Waals surface area contributed by atoms with Gasteiger partial charge in [0.05, 0.1) is 6.04 Å². The second-order valence-electron chi connectivity index (χ2n) is 4.37. The smallest absolute Gasteiger partial charge is 0.0570 e. The molecule has 0 radical (unpaired) electrons. The van der Waals surface area contributed by atoms with Crippen LogP contribution in [0, 0.1) is 0 Å². The van der Waals surface area contributed by atoms with E-state index in [4.69, 9.17) is 34.8 Å². The van der Waals surface area contributed by atoms with Crippen LogP contribution in [0.2, 0.25) is 15.1 Å². The van der Waals surface area contributed by atoms with Gasteiger partial charge in [-0.1, -0.05) is 34.8 Å². The van der Waals surface area contributed by atoms with Crippen molar-refractivity contribution in [3.05, 3.63) is 62.6 Å². The summed E-state index contributed by atoms with van der Waals surface area (Å²) in [4.78, 5) is 0. The molecule has 1 unspecified atom stereocenters. The molecule has 1 aliphatic heterocycles. The van der Waals surface area contributed by atoms with Gasteiger partial charge in [0, 0.05) is 20.8 Å². The van der Waals surface area contributed by atoms with E-state index in [9.17, 15) is 0 Å².